The molecule has 0 spiro atoms. The lowest BCUT2D eigenvalue weighted by molar-refractivity contribution is 0.195. The molecule has 2 saturated carbocycles. The molecule has 4 unspecified atom stereocenters. The van der Waals surface area contributed by atoms with Crippen LogP contribution in [0.2, 0.25) is 0 Å². The molecule has 422 valence electrons. The monoisotopic (exact) mass is 1120 g/mol. The van der Waals surface area contributed by atoms with Crippen molar-refractivity contribution in [3.63, 3.8) is 0 Å². The van der Waals surface area contributed by atoms with Gasteiger partial charge in [0, 0.05) is 55.8 Å². The van der Waals surface area contributed by atoms with E-state index in [4.69, 9.17) is 9.97 Å². The van der Waals surface area contributed by atoms with Crippen LogP contribution >= 0.6 is 0 Å². The molecule has 3 aliphatic carbocycles. The maximum atomic E-state index is 5.60. The Balaban J connectivity index is 0.808. The van der Waals surface area contributed by atoms with Gasteiger partial charge in [-0.25, -0.2) is 9.97 Å². The summed E-state index contributed by atoms with van der Waals surface area (Å²) in [6.07, 6.45) is 9.65. The number of rotatable bonds is 8. The van der Waals surface area contributed by atoms with Gasteiger partial charge in [0.05, 0.1) is 39.3 Å². The first-order valence-corrected chi connectivity index (χ1v) is 31.8. The Hall–Kier alpha value is -9.38. The zero-order valence-electron chi connectivity index (χ0n) is 50.2. The van der Waals surface area contributed by atoms with Crippen LogP contribution in [0.1, 0.15) is 112 Å². The number of hydrogen-bond donors (Lipinski definition) is 0. The molecule has 2 fully saturated rings. The lowest BCUT2D eigenvalue weighted by Gasteiger charge is -2.50. The number of pyridine rings is 2. The van der Waals surface area contributed by atoms with Crippen molar-refractivity contribution >= 4 is 44.3 Å². The normalized spacial score (nSPS) is 22.1. The molecule has 0 amide bonds. The Bertz CT molecular complexity index is 4690. The van der Waals surface area contributed by atoms with Gasteiger partial charge in [-0.3, -0.25) is 0 Å². The first kappa shape index (κ1) is 52.0. The number of fused-ring (bicyclic) bond motifs is 14. The van der Waals surface area contributed by atoms with Gasteiger partial charge < -0.3 is 9.80 Å². The smallest absolute Gasteiger partial charge is 0.0719 e. The molecule has 12 aromatic rings. The van der Waals surface area contributed by atoms with E-state index in [1.54, 1.807) is 0 Å². The van der Waals surface area contributed by atoms with E-state index < -0.39 is 5.41 Å². The molecule has 87 heavy (non-hydrogen) atoms. The van der Waals surface area contributed by atoms with Crippen LogP contribution in [0, 0.1) is 0 Å². The fraction of sp³-hybridized carbons (Fsp3) is 0.205. The van der Waals surface area contributed by atoms with Crippen LogP contribution in [0.15, 0.2) is 255 Å². The summed E-state index contributed by atoms with van der Waals surface area (Å²) >= 11 is 0. The second kappa shape index (κ2) is 19.3. The number of anilines is 4. The van der Waals surface area contributed by atoms with Crippen molar-refractivity contribution in [2.45, 2.75) is 106 Å². The summed E-state index contributed by atoms with van der Waals surface area (Å²) in [5, 5.41) is 4.93. The molecule has 0 saturated heterocycles. The van der Waals surface area contributed by atoms with Gasteiger partial charge in [-0.2, -0.15) is 0 Å². The quantitative estimate of drug-likeness (QED) is 0.142. The van der Waals surface area contributed by atoms with E-state index in [1.807, 2.05) is 0 Å². The van der Waals surface area contributed by atoms with E-state index in [0.717, 1.165) is 45.9 Å². The predicted molar refractivity (Wildman–Crippen MR) is 362 cm³/mol. The Labute approximate surface area is 511 Å². The number of nitrogens with zero attached hydrogens (tertiary/aromatic N) is 4. The lowest BCUT2D eigenvalue weighted by atomic mass is 9.61. The Morgan fingerprint density at radius 2 is 0.736 bits per heavy atom. The zero-order chi connectivity index (χ0) is 58.3. The van der Waals surface area contributed by atoms with Crippen molar-refractivity contribution in [3.05, 3.63) is 288 Å². The third-order valence-corrected chi connectivity index (χ3v) is 22.4. The van der Waals surface area contributed by atoms with E-state index in [1.165, 1.54) is 139 Å². The molecule has 4 heterocycles. The molecule has 10 aromatic carbocycles. The van der Waals surface area contributed by atoms with E-state index in [0.29, 0.717) is 0 Å². The van der Waals surface area contributed by atoms with Gasteiger partial charge in [0.15, 0.2) is 0 Å². The van der Waals surface area contributed by atoms with Gasteiger partial charge in [-0.05, 0) is 191 Å². The third-order valence-electron chi connectivity index (χ3n) is 22.4. The summed E-state index contributed by atoms with van der Waals surface area (Å²) in [7, 11) is 0. The van der Waals surface area contributed by atoms with E-state index in [2.05, 4.69) is 292 Å². The molecule has 4 atom stereocenters. The highest BCUT2D eigenvalue weighted by molar-refractivity contribution is 6.20. The van der Waals surface area contributed by atoms with Gasteiger partial charge in [-0.1, -0.05) is 209 Å². The van der Waals surface area contributed by atoms with Crippen LogP contribution in [0.3, 0.4) is 0 Å². The van der Waals surface area contributed by atoms with Gasteiger partial charge >= 0.3 is 0 Å². The van der Waals surface area contributed by atoms with Crippen LogP contribution in [0.5, 0.6) is 0 Å². The van der Waals surface area contributed by atoms with Crippen LogP contribution in [-0.2, 0) is 16.2 Å². The van der Waals surface area contributed by atoms with E-state index in [9.17, 15) is 0 Å². The standard InChI is InChI=1S/C83H70N4/c1-79-47-19-21-49-81(79,3)86(61-29-13-7-14-30-61)75-45-41-57(53-69(75)79)73-37-23-35-71(84-73)55-39-43-65-66(51-55)63-33-17-18-34-64(63)77-67-52-56(40-44-68(67)83(78(65)77,59-25-9-5-10-26-59)60-27-11-6-12-28-60)72-36-24-38-74(85-72)58-42-46-76-70(54-58)80(2)48-20-22-50-82(80,4)87(76)62-31-15-8-16-32-62/h5-18,23-46,51-54H,19-22,47-50H2,1-4H3. The SMILES string of the molecule is CC12CCCCC1(C)N(c1ccccc1)c1ccc(-c3cccc(-c4ccc5c(c4)-c4c(c6ccc(-c7cccc(-c8ccc9c(c8)C8(C)CCCCC8(C)N9c8ccccc8)n7)cc6c6ccccc46)C5(c4ccccc4)c4ccccc4)n3)cc12. The van der Waals surface area contributed by atoms with Crippen LogP contribution in [0.4, 0.5) is 22.7 Å². The maximum absolute atomic E-state index is 5.60. The maximum Gasteiger partial charge on any atom is 0.0719 e. The highest BCUT2D eigenvalue weighted by atomic mass is 15.3. The molecule has 4 nitrogen and oxygen atoms in total. The molecule has 4 heteroatoms. The zero-order valence-corrected chi connectivity index (χ0v) is 50.2. The van der Waals surface area contributed by atoms with Crippen LogP contribution in [0.25, 0.3) is 77.7 Å². The van der Waals surface area contributed by atoms with Gasteiger partial charge in [0.1, 0.15) is 0 Å². The fourth-order valence-corrected chi connectivity index (χ4v) is 17.8. The van der Waals surface area contributed by atoms with Gasteiger partial charge in [0.2, 0.25) is 0 Å². The second-order valence-corrected chi connectivity index (χ2v) is 26.5. The molecule has 0 radical (unpaired) electrons. The number of aromatic nitrogens is 2. The highest BCUT2D eigenvalue weighted by Gasteiger charge is 2.59. The summed E-state index contributed by atoms with van der Waals surface area (Å²) in [5.41, 5.74) is 23.5. The molecular formula is C83H70N4. The molecule has 5 aliphatic rings. The summed E-state index contributed by atoms with van der Waals surface area (Å²) in [5.74, 6) is 0. The van der Waals surface area contributed by atoms with Gasteiger partial charge in [-0.15, -0.1) is 0 Å². The molecule has 2 aromatic heterocycles. The minimum atomic E-state index is -0.639. The average Bonchev–Trinajstić information content (AvgIpc) is 1.56. The lowest BCUT2D eigenvalue weighted by Crippen LogP contribution is -2.54. The topological polar surface area (TPSA) is 32.3 Å². The Kier molecular flexibility index (Phi) is 11.5. The summed E-state index contributed by atoms with van der Waals surface area (Å²) in [6.45, 7) is 10.1. The Morgan fingerprint density at radius 3 is 1.24 bits per heavy atom. The average molecular weight is 1120 g/mol. The summed E-state index contributed by atoms with van der Waals surface area (Å²) in [6, 6.07) is 95.7. The second-order valence-electron chi connectivity index (χ2n) is 26.5. The Morgan fingerprint density at radius 1 is 0.322 bits per heavy atom. The summed E-state index contributed by atoms with van der Waals surface area (Å²) in [4.78, 5) is 16.5. The van der Waals surface area contributed by atoms with Crippen molar-refractivity contribution in [1.82, 2.24) is 9.97 Å². The van der Waals surface area contributed by atoms with Crippen molar-refractivity contribution in [2.24, 2.45) is 0 Å². The first-order valence-electron chi connectivity index (χ1n) is 31.8. The fourth-order valence-electron chi connectivity index (χ4n) is 17.8. The van der Waals surface area contributed by atoms with E-state index in [-0.39, 0.29) is 21.9 Å². The largest absolute Gasteiger partial charge is 0.334 e. The predicted octanol–water partition coefficient (Wildman–Crippen LogP) is 21.3. The molecular weight excluding hydrogens is 1050 g/mol. The number of hydrogen-bond acceptors (Lipinski definition) is 4. The third kappa shape index (κ3) is 7.31. The molecule has 0 bridgehead atoms. The molecule has 0 N–H and O–H groups in total. The van der Waals surface area contributed by atoms with Gasteiger partial charge in [0.25, 0.3) is 0 Å². The van der Waals surface area contributed by atoms with E-state index >= 15 is 0 Å². The minimum absolute atomic E-state index is 0.00417. The first-order chi connectivity index (χ1) is 42.6. The van der Waals surface area contributed by atoms with Crippen LogP contribution < -0.4 is 9.80 Å². The molecule has 17 rings (SSSR count). The minimum Gasteiger partial charge on any atom is -0.334 e. The highest BCUT2D eigenvalue weighted by Crippen LogP contribution is 2.64. The number of para-hydroxylation sites is 2. The van der Waals surface area contributed by atoms with Crippen molar-refractivity contribution in [3.8, 4) is 56.2 Å². The molecule has 2 aliphatic heterocycles. The summed E-state index contributed by atoms with van der Waals surface area (Å²) < 4.78 is 0. The number of benzene rings is 10. The van der Waals surface area contributed by atoms with Crippen molar-refractivity contribution < 1.29 is 0 Å². The van der Waals surface area contributed by atoms with Crippen LogP contribution in [-0.4, -0.2) is 21.0 Å². The van der Waals surface area contributed by atoms with Crippen molar-refractivity contribution in [2.75, 3.05) is 9.80 Å². The van der Waals surface area contributed by atoms with Crippen molar-refractivity contribution in [1.29, 1.82) is 0 Å².